The molecule has 2 fully saturated rings. The molecule has 2 saturated carbocycles. The van der Waals surface area contributed by atoms with Crippen molar-refractivity contribution in [2.75, 3.05) is 5.33 Å². The van der Waals surface area contributed by atoms with Gasteiger partial charge in [-0.25, -0.2) is 0 Å². The molecule has 1 aromatic carbocycles. The molecule has 0 nitrogen and oxygen atoms in total. The highest BCUT2D eigenvalue weighted by molar-refractivity contribution is 9.09. The summed E-state index contributed by atoms with van der Waals surface area (Å²) in [5.74, 6) is 1.48. The average molecular weight is 347 g/mol. The van der Waals surface area contributed by atoms with Crippen LogP contribution in [0.1, 0.15) is 36.8 Å². The van der Waals surface area contributed by atoms with E-state index in [4.69, 9.17) is 0 Å². The van der Waals surface area contributed by atoms with Gasteiger partial charge in [0.25, 0.3) is 0 Å². The van der Waals surface area contributed by atoms with Gasteiger partial charge in [0.15, 0.2) is 0 Å². The van der Waals surface area contributed by atoms with Crippen molar-refractivity contribution in [2.45, 2.75) is 38.3 Å². The zero-order valence-electron chi connectivity index (χ0n) is 11.2. The van der Waals surface area contributed by atoms with E-state index in [1.54, 1.807) is 0 Å². The minimum atomic E-state index is -4.24. The van der Waals surface area contributed by atoms with Crippen molar-refractivity contribution in [2.24, 2.45) is 17.3 Å². The Morgan fingerprint density at radius 2 is 2.05 bits per heavy atom. The zero-order chi connectivity index (χ0) is 14.4. The van der Waals surface area contributed by atoms with Crippen LogP contribution in [0.4, 0.5) is 13.2 Å². The first-order chi connectivity index (χ1) is 9.43. The summed E-state index contributed by atoms with van der Waals surface area (Å²) in [5.41, 5.74) is 0.474. The molecule has 20 heavy (non-hydrogen) atoms. The first-order valence-corrected chi connectivity index (χ1v) is 8.27. The molecule has 0 N–H and O–H groups in total. The van der Waals surface area contributed by atoms with Crippen molar-refractivity contribution in [1.82, 2.24) is 0 Å². The van der Waals surface area contributed by atoms with E-state index in [0.29, 0.717) is 5.92 Å². The lowest BCUT2D eigenvalue weighted by molar-refractivity contribution is -0.137. The second kappa shape index (κ2) is 5.04. The summed E-state index contributed by atoms with van der Waals surface area (Å²) in [4.78, 5) is 0. The lowest BCUT2D eigenvalue weighted by Gasteiger charge is -2.36. The Labute approximate surface area is 125 Å². The molecular formula is C16H18BrF3. The predicted molar refractivity (Wildman–Crippen MR) is 76.8 cm³/mol. The Kier molecular flexibility index (Phi) is 3.64. The van der Waals surface area contributed by atoms with Crippen molar-refractivity contribution in [3.63, 3.8) is 0 Å². The van der Waals surface area contributed by atoms with Crippen LogP contribution in [0.5, 0.6) is 0 Å². The van der Waals surface area contributed by atoms with E-state index >= 15 is 0 Å². The standard InChI is InChI=1S/C16H18BrF3/c17-10-15(9-12-4-5-13(15)6-12)8-11-2-1-3-14(7-11)16(18,19)20/h1-3,7,12-13H,4-6,8-10H2. The molecule has 2 aliphatic rings. The van der Waals surface area contributed by atoms with Crippen LogP contribution in [0, 0.1) is 17.3 Å². The number of benzene rings is 1. The molecule has 0 aliphatic heterocycles. The van der Waals surface area contributed by atoms with Crippen LogP contribution in [-0.4, -0.2) is 5.33 Å². The Hall–Kier alpha value is -0.510. The summed E-state index contributed by atoms with van der Waals surface area (Å²) in [5, 5.41) is 0.900. The predicted octanol–water partition coefficient (Wildman–Crippen LogP) is 5.45. The van der Waals surface area contributed by atoms with Crippen LogP contribution in [-0.2, 0) is 12.6 Å². The second-order valence-electron chi connectivity index (χ2n) is 6.45. The molecule has 3 atom stereocenters. The molecular weight excluding hydrogens is 329 g/mol. The Balaban J connectivity index is 1.84. The van der Waals surface area contributed by atoms with E-state index < -0.39 is 11.7 Å². The highest BCUT2D eigenvalue weighted by Gasteiger charge is 2.50. The van der Waals surface area contributed by atoms with E-state index in [0.717, 1.165) is 29.3 Å². The van der Waals surface area contributed by atoms with Crippen molar-refractivity contribution in [1.29, 1.82) is 0 Å². The number of halogens is 4. The van der Waals surface area contributed by atoms with Crippen molar-refractivity contribution >= 4 is 15.9 Å². The molecule has 1 aromatic rings. The molecule has 3 unspecified atom stereocenters. The lowest BCUT2D eigenvalue weighted by atomic mass is 9.71. The molecule has 4 heteroatoms. The van der Waals surface area contributed by atoms with Crippen LogP contribution < -0.4 is 0 Å². The SMILES string of the molecule is FC(F)(F)c1cccc(CC2(CBr)CC3CCC2C3)c1. The van der Waals surface area contributed by atoms with Crippen molar-refractivity contribution < 1.29 is 13.2 Å². The summed E-state index contributed by atoms with van der Waals surface area (Å²) >= 11 is 3.63. The molecule has 0 aromatic heterocycles. The van der Waals surface area contributed by atoms with E-state index in [-0.39, 0.29) is 5.41 Å². The average Bonchev–Trinajstić information content (AvgIpc) is 2.99. The smallest absolute Gasteiger partial charge is 0.166 e. The number of fused-ring (bicyclic) bond motifs is 2. The van der Waals surface area contributed by atoms with Gasteiger partial charge in [0.1, 0.15) is 0 Å². The van der Waals surface area contributed by atoms with Gasteiger partial charge in [-0.1, -0.05) is 40.5 Å². The quantitative estimate of drug-likeness (QED) is 0.638. The summed E-state index contributed by atoms with van der Waals surface area (Å²) in [6.45, 7) is 0. The summed E-state index contributed by atoms with van der Waals surface area (Å²) in [6.07, 6.45) is 1.51. The number of hydrogen-bond acceptors (Lipinski definition) is 0. The monoisotopic (exact) mass is 346 g/mol. The second-order valence-corrected chi connectivity index (χ2v) is 7.01. The maximum Gasteiger partial charge on any atom is 0.416 e. The molecule has 0 amide bonds. The summed E-state index contributed by atoms with van der Waals surface area (Å²) in [6, 6.07) is 5.86. The molecule has 3 rings (SSSR count). The fraction of sp³-hybridized carbons (Fsp3) is 0.625. The third kappa shape index (κ3) is 2.51. The molecule has 2 bridgehead atoms. The maximum atomic E-state index is 12.8. The fourth-order valence-electron chi connectivity index (χ4n) is 4.25. The highest BCUT2D eigenvalue weighted by atomic mass is 79.9. The van der Waals surface area contributed by atoms with Gasteiger partial charge in [0.05, 0.1) is 5.56 Å². The molecule has 0 saturated heterocycles. The number of alkyl halides is 4. The van der Waals surface area contributed by atoms with Gasteiger partial charge in [-0.2, -0.15) is 13.2 Å². The number of hydrogen-bond donors (Lipinski definition) is 0. The van der Waals surface area contributed by atoms with Crippen LogP contribution in [0.3, 0.4) is 0 Å². The minimum Gasteiger partial charge on any atom is -0.166 e. The normalized spacial score (nSPS) is 32.8. The Morgan fingerprint density at radius 3 is 2.60 bits per heavy atom. The largest absolute Gasteiger partial charge is 0.416 e. The van der Waals surface area contributed by atoms with E-state index in [1.165, 1.54) is 37.8 Å². The van der Waals surface area contributed by atoms with E-state index in [9.17, 15) is 13.2 Å². The van der Waals surface area contributed by atoms with E-state index in [2.05, 4.69) is 15.9 Å². The highest BCUT2D eigenvalue weighted by Crippen LogP contribution is 2.58. The zero-order valence-corrected chi connectivity index (χ0v) is 12.8. The third-order valence-electron chi connectivity index (χ3n) is 5.18. The minimum absolute atomic E-state index is 0.174. The van der Waals surface area contributed by atoms with Crippen molar-refractivity contribution in [3.8, 4) is 0 Å². The van der Waals surface area contributed by atoms with Gasteiger partial charge in [0, 0.05) is 5.33 Å². The Morgan fingerprint density at radius 1 is 1.25 bits per heavy atom. The van der Waals surface area contributed by atoms with Gasteiger partial charge in [-0.05, 0) is 54.6 Å². The van der Waals surface area contributed by atoms with Gasteiger partial charge >= 0.3 is 6.18 Å². The van der Waals surface area contributed by atoms with Crippen molar-refractivity contribution in [3.05, 3.63) is 35.4 Å². The van der Waals surface area contributed by atoms with Crippen LogP contribution in [0.2, 0.25) is 0 Å². The van der Waals surface area contributed by atoms with Crippen LogP contribution in [0.25, 0.3) is 0 Å². The first-order valence-electron chi connectivity index (χ1n) is 7.15. The van der Waals surface area contributed by atoms with Gasteiger partial charge < -0.3 is 0 Å². The fourth-order valence-corrected chi connectivity index (χ4v) is 5.13. The summed E-state index contributed by atoms with van der Waals surface area (Å²) in [7, 11) is 0. The molecule has 0 spiro atoms. The molecule has 0 radical (unpaired) electrons. The summed E-state index contributed by atoms with van der Waals surface area (Å²) < 4.78 is 38.4. The Bertz CT molecular complexity index is 497. The van der Waals surface area contributed by atoms with Gasteiger partial charge in [-0.3, -0.25) is 0 Å². The van der Waals surface area contributed by atoms with Gasteiger partial charge in [-0.15, -0.1) is 0 Å². The van der Waals surface area contributed by atoms with Crippen LogP contribution in [0.15, 0.2) is 24.3 Å². The third-order valence-corrected chi connectivity index (χ3v) is 6.30. The van der Waals surface area contributed by atoms with E-state index in [1.807, 2.05) is 6.07 Å². The molecule has 0 heterocycles. The molecule has 2 aliphatic carbocycles. The molecule has 110 valence electrons. The topological polar surface area (TPSA) is 0 Å². The lowest BCUT2D eigenvalue weighted by Crippen LogP contribution is -2.32. The number of rotatable bonds is 3. The first kappa shape index (κ1) is 14.4. The van der Waals surface area contributed by atoms with Crippen LogP contribution >= 0.6 is 15.9 Å². The van der Waals surface area contributed by atoms with Gasteiger partial charge in [0.2, 0.25) is 0 Å². The maximum absolute atomic E-state index is 12.8.